The Kier molecular flexibility index (Phi) is 4.64. The Morgan fingerprint density at radius 2 is 1.90 bits per heavy atom. The van der Waals surface area contributed by atoms with Crippen LogP contribution in [-0.4, -0.2) is 17.1 Å². The average molecular weight is 290 g/mol. The van der Waals surface area contributed by atoms with Gasteiger partial charge in [-0.3, -0.25) is 0 Å². The predicted molar refractivity (Wildman–Crippen MR) is 81.6 cm³/mol. The molecule has 2 aromatic carbocycles. The molecule has 104 valence electrons. The number of hydrogen-bond acceptors (Lipinski definition) is 2. The monoisotopic (exact) mass is 289 g/mol. The van der Waals surface area contributed by atoms with Crippen molar-refractivity contribution in [3.8, 4) is 0 Å². The van der Waals surface area contributed by atoms with Gasteiger partial charge in [0.15, 0.2) is 0 Å². The maximum absolute atomic E-state index is 11.3. The van der Waals surface area contributed by atoms with Gasteiger partial charge in [0.2, 0.25) is 0 Å². The van der Waals surface area contributed by atoms with Gasteiger partial charge in [0, 0.05) is 6.04 Å². The smallest absolute Gasteiger partial charge is 0.339 e. The minimum Gasteiger partial charge on any atom is -0.478 e. The summed E-state index contributed by atoms with van der Waals surface area (Å²) < 4.78 is 0. The Labute approximate surface area is 123 Å². The van der Waals surface area contributed by atoms with Gasteiger partial charge in [-0.15, -0.1) is 0 Å². The first-order chi connectivity index (χ1) is 9.58. The van der Waals surface area contributed by atoms with E-state index >= 15 is 0 Å². The number of anilines is 1. The van der Waals surface area contributed by atoms with Gasteiger partial charge in [0.25, 0.3) is 0 Å². The van der Waals surface area contributed by atoms with Crippen LogP contribution in [0.4, 0.5) is 5.69 Å². The summed E-state index contributed by atoms with van der Waals surface area (Å²) in [5.41, 5.74) is 1.87. The second kappa shape index (κ2) is 6.44. The van der Waals surface area contributed by atoms with Crippen molar-refractivity contribution in [2.45, 2.75) is 19.4 Å². The lowest BCUT2D eigenvalue weighted by molar-refractivity contribution is 0.0698. The van der Waals surface area contributed by atoms with E-state index in [1.807, 2.05) is 37.3 Å². The number of rotatable bonds is 5. The Balaban J connectivity index is 2.14. The van der Waals surface area contributed by atoms with Gasteiger partial charge < -0.3 is 10.4 Å². The molecule has 0 aromatic heterocycles. The lowest BCUT2D eigenvalue weighted by Crippen LogP contribution is -2.20. The van der Waals surface area contributed by atoms with E-state index in [0.717, 1.165) is 6.42 Å². The zero-order valence-corrected chi connectivity index (χ0v) is 11.9. The fourth-order valence-corrected chi connectivity index (χ4v) is 2.40. The molecular formula is C16H16ClNO2. The van der Waals surface area contributed by atoms with Crippen LogP contribution in [0.3, 0.4) is 0 Å². The van der Waals surface area contributed by atoms with Crippen molar-refractivity contribution in [1.82, 2.24) is 0 Å². The number of nitrogens with one attached hydrogen (secondary N) is 1. The molecule has 20 heavy (non-hydrogen) atoms. The number of halogens is 1. The number of carboxylic acids is 1. The normalized spacial score (nSPS) is 11.9. The van der Waals surface area contributed by atoms with Crippen molar-refractivity contribution in [3.05, 3.63) is 64.7 Å². The SMILES string of the molecule is CC(Cc1ccccc1)Nc1cccc(Cl)c1C(=O)O. The maximum atomic E-state index is 11.3. The minimum absolute atomic E-state index is 0.106. The first-order valence-electron chi connectivity index (χ1n) is 6.40. The lowest BCUT2D eigenvalue weighted by Gasteiger charge is -2.17. The number of aromatic carboxylic acids is 1. The van der Waals surface area contributed by atoms with Gasteiger partial charge in [0.1, 0.15) is 5.56 Å². The summed E-state index contributed by atoms with van der Waals surface area (Å²) in [4.78, 5) is 11.3. The number of carboxylic acid groups (broad SMARTS) is 1. The van der Waals surface area contributed by atoms with Gasteiger partial charge in [0.05, 0.1) is 10.7 Å². The number of carbonyl (C=O) groups is 1. The van der Waals surface area contributed by atoms with Gasteiger partial charge in [-0.2, -0.15) is 0 Å². The Hall–Kier alpha value is -2.00. The molecule has 0 fully saturated rings. The van der Waals surface area contributed by atoms with E-state index in [0.29, 0.717) is 5.69 Å². The van der Waals surface area contributed by atoms with Crippen molar-refractivity contribution in [1.29, 1.82) is 0 Å². The van der Waals surface area contributed by atoms with Crippen molar-refractivity contribution in [2.75, 3.05) is 5.32 Å². The Morgan fingerprint density at radius 1 is 1.20 bits per heavy atom. The molecule has 4 heteroatoms. The van der Waals surface area contributed by atoms with Gasteiger partial charge in [-0.1, -0.05) is 48.0 Å². The number of hydrogen-bond donors (Lipinski definition) is 2. The molecule has 0 heterocycles. The summed E-state index contributed by atoms with van der Waals surface area (Å²) in [6, 6.07) is 15.2. The second-order valence-corrected chi connectivity index (χ2v) is 5.11. The Morgan fingerprint density at radius 3 is 2.55 bits per heavy atom. The van der Waals surface area contributed by atoms with E-state index in [1.54, 1.807) is 18.2 Å². The first kappa shape index (κ1) is 14.4. The third-order valence-corrected chi connectivity index (χ3v) is 3.33. The molecule has 1 atom stereocenters. The van der Waals surface area contributed by atoms with E-state index in [4.69, 9.17) is 11.6 Å². The predicted octanol–water partition coefficient (Wildman–Crippen LogP) is 4.08. The van der Waals surface area contributed by atoms with Crippen LogP contribution < -0.4 is 5.32 Å². The molecule has 0 aliphatic carbocycles. The molecule has 0 saturated heterocycles. The van der Waals surface area contributed by atoms with Crippen molar-refractivity contribution in [2.24, 2.45) is 0 Å². The highest BCUT2D eigenvalue weighted by atomic mass is 35.5. The topological polar surface area (TPSA) is 49.3 Å². The molecule has 0 aliphatic heterocycles. The third kappa shape index (κ3) is 3.52. The zero-order chi connectivity index (χ0) is 14.5. The minimum atomic E-state index is -1.02. The molecule has 0 amide bonds. The molecule has 3 nitrogen and oxygen atoms in total. The summed E-state index contributed by atoms with van der Waals surface area (Å²) in [6.45, 7) is 2.01. The van der Waals surface area contributed by atoms with E-state index in [9.17, 15) is 9.90 Å². The second-order valence-electron chi connectivity index (χ2n) is 4.70. The fraction of sp³-hybridized carbons (Fsp3) is 0.188. The summed E-state index contributed by atoms with van der Waals surface area (Å²) in [7, 11) is 0. The number of benzene rings is 2. The van der Waals surface area contributed by atoms with Gasteiger partial charge >= 0.3 is 5.97 Å². The van der Waals surface area contributed by atoms with Crippen LogP contribution in [0.2, 0.25) is 5.02 Å². The summed E-state index contributed by atoms with van der Waals surface area (Å²) >= 11 is 5.95. The van der Waals surface area contributed by atoms with Gasteiger partial charge in [-0.05, 0) is 31.0 Å². The van der Waals surface area contributed by atoms with Crippen LogP contribution in [-0.2, 0) is 6.42 Å². The molecule has 2 rings (SSSR count). The molecule has 0 aliphatic rings. The van der Waals surface area contributed by atoms with Crippen molar-refractivity contribution in [3.63, 3.8) is 0 Å². The maximum Gasteiger partial charge on any atom is 0.339 e. The van der Waals surface area contributed by atoms with Crippen molar-refractivity contribution >= 4 is 23.3 Å². The molecule has 0 radical (unpaired) electrons. The highest BCUT2D eigenvalue weighted by Gasteiger charge is 2.15. The summed E-state index contributed by atoms with van der Waals surface area (Å²) in [5, 5.41) is 12.7. The first-order valence-corrected chi connectivity index (χ1v) is 6.78. The van der Waals surface area contributed by atoms with Gasteiger partial charge in [-0.25, -0.2) is 4.79 Å². The molecule has 2 N–H and O–H groups in total. The molecule has 1 unspecified atom stereocenters. The van der Waals surface area contributed by atoms with Crippen LogP contribution in [0.5, 0.6) is 0 Å². The summed E-state index contributed by atoms with van der Waals surface area (Å²) in [6.07, 6.45) is 0.812. The largest absolute Gasteiger partial charge is 0.478 e. The van der Waals surface area contributed by atoms with E-state index in [1.165, 1.54) is 5.56 Å². The van der Waals surface area contributed by atoms with Crippen LogP contribution in [0.15, 0.2) is 48.5 Å². The highest BCUT2D eigenvalue weighted by molar-refractivity contribution is 6.34. The molecule has 0 spiro atoms. The van der Waals surface area contributed by atoms with Crippen LogP contribution >= 0.6 is 11.6 Å². The van der Waals surface area contributed by atoms with Crippen molar-refractivity contribution < 1.29 is 9.90 Å². The average Bonchev–Trinajstić information content (AvgIpc) is 2.39. The molecule has 0 saturated carbocycles. The van der Waals surface area contributed by atoms with Crippen LogP contribution in [0.25, 0.3) is 0 Å². The van der Waals surface area contributed by atoms with E-state index in [2.05, 4.69) is 5.32 Å². The molecule has 2 aromatic rings. The molecular weight excluding hydrogens is 274 g/mol. The fourth-order valence-electron chi connectivity index (χ4n) is 2.15. The quantitative estimate of drug-likeness (QED) is 0.872. The zero-order valence-electron chi connectivity index (χ0n) is 11.1. The van der Waals surface area contributed by atoms with E-state index in [-0.39, 0.29) is 16.6 Å². The summed E-state index contributed by atoms with van der Waals surface area (Å²) in [5.74, 6) is -1.02. The molecule has 0 bridgehead atoms. The Bertz CT molecular complexity index is 599. The van der Waals surface area contributed by atoms with E-state index < -0.39 is 5.97 Å². The lowest BCUT2D eigenvalue weighted by atomic mass is 10.1. The van der Waals surface area contributed by atoms with Crippen LogP contribution in [0, 0.1) is 0 Å². The third-order valence-electron chi connectivity index (χ3n) is 3.01. The van der Waals surface area contributed by atoms with Crippen LogP contribution in [0.1, 0.15) is 22.8 Å². The highest BCUT2D eigenvalue weighted by Crippen LogP contribution is 2.25. The standard InChI is InChI=1S/C16H16ClNO2/c1-11(10-12-6-3-2-4-7-12)18-14-9-5-8-13(17)15(14)16(19)20/h2-9,11,18H,10H2,1H3,(H,19,20).